The molecule has 1 heterocycles. The highest BCUT2D eigenvalue weighted by Crippen LogP contribution is 2.25. The van der Waals surface area contributed by atoms with Gasteiger partial charge in [-0.25, -0.2) is 0 Å². The van der Waals surface area contributed by atoms with Crippen molar-refractivity contribution >= 4 is 17.7 Å². The van der Waals surface area contributed by atoms with E-state index in [-0.39, 0.29) is 12.0 Å². The van der Waals surface area contributed by atoms with E-state index in [0.29, 0.717) is 17.8 Å². The molecule has 1 saturated heterocycles. The molecular formula is C16H30N2O2S. The number of hydrogen-bond acceptors (Lipinski definition) is 4. The zero-order valence-corrected chi connectivity index (χ0v) is 14.0. The summed E-state index contributed by atoms with van der Waals surface area (Å²) in [6.45, 7) is 4.16. The molecule has 122 valence electrons. The van der Waals surface area contributed by atoms with E-state index < -0.39 is 0 Å². The van der Waals surface area contributed by atoms with Gasteiger partial charge in [0, 0.05) is 25.2 Å². The molecule has 0 aromatic heterocycles. The van der Waals surface area contributed by atoms with Gasteiger partial charge < -0.3 is 10.4 Å². The topological polar surface area (TPSA) is 52.6 Å². The third-order valence-corrected chi connectivity index (χ3v) is 5.80. The molecule has 0 radical (unpaired) electrons. The number of thioether (sulfide) groups is 1. The van der Waals surface area contributed by atoms with Crippen LogP contribution in [-0.2, 0) is 4.79 Å². The number of piperidine rings is 1. The predicted octanol–water partition coefficient (Wildman–Crippen LogP) is 2.01. The number of rotatable bonds is 6. The Morgan fingerprint density at radius 3 is 2.62 bits per heavy atom. The zero-order chi connectivity index (χ0) is 15.1. The normalized spacial score (nSPS) is 28.5. The highest BCUT2D eigenvalue weighted by Gasteiger charge is 2.31. The highest BCUT2D eigenvalue weighted by molar-refractivity contribution is 7.99. The van der Waals surface area contributed by atoms with Gasteiger partial charge >= 0.3 is 0 Å². The van der Waals surface area contributed by atoms with E-state index in [1.165, 1.54) is 12.8 Å². The molecule has 2 fully saturated rings. The molecule has 0 bridgehead atoms. The Morgan fingerprint density at radius 2 is 1.95 bits per heavy atom. The lowest BCUT2D eigenvalue weighted by atomic mass is 9.89. The van der Waals surface area contributed by atoms with Crippen molar-refractivity contribution in [2.45, 2.75) is 70.1 Å². The summed E-state index contributed by atoms with van der Waals surface area (Å²) in [5.41, 5.74) is 0. The van der Waals surface area contributed by atoms with E-state index >= 15 is 0 Å². The number of amides is 1. The zero-order valence-electron chi connectivity index (χ0n) is 13.2. The van der Waals surface area contributed by atoms with E-state index in [0.717, 1.165) is 50.9 Å². The summed E-state index contributed by atoms with van der Waals surface area (Å²) >= 11 is 1.72. The molecule has 2 N–H and O–H groups in total. The van der Waals surface area contributed by atoms with Crippen LogP contribution >= 0.6 is 11.8 Å². The van der Waals surface area contributed by atoms with Crippen molar-refractivity contribution in [3.8, 4) is 0 Å². The summed E-state index contributed by atoms with van der Waals surface area (Å²) < 4.78 is 0. The first-order valence-corrected chi connectivity index (χ1v) is 9.65. The lowest BCUT2D eigenvalue weighted by Crippen LogP contribution is -2.52. The summed E-state index contributed by atoms with van der Waals surface area (Å²) in [6.07, 6.45) is 7.52. The van der Waals surface area contributed by atoms with Crippen LogP contribution in [0.2, 0.25) is 0 Å². The molecule has 1 amide bonds. The minimum atomic E-state index is -0.143. The van der Waals surface area contributed by atoms with Gasteiger partial charge in [0.05, 0.1) is 11.9 Å². The summed E-state index contributed by atoms with van der Waals surface area (Å²) in [5, 5.41) is 13.3. The second-order valence-corrected chi connectivity index (χ2v) is 7.45. The quantitative estimate of drug-likeness (QED) is 0.737. The molecule has 0 spiro atoms. The number of carbonyl (C=O) groups is 1. The molecule has 2 atom stereocenters. The second kappa shape index (κ2) is 9.01. The van der Waals surface area contributed by atoms with Crippen molar-refractivity contribution in [1.82, 2.24) is 10.2 Å². The third kappa shape index (κ3) is 5.46. The number of aliphatic hydroxyl groups is 1. The maximum atomic E-state index is 11.8. The number of nitrogens with one attached hydrogen (secondary N) is 1. The van der Waals surface area contributed by atoms with Crippen molar-refractivity contribution in [1.29, 1.82) is 0 Å². The highest BCUT2D eigenvalue weighted by atomic mass is 32.2. The van der Waals surface area contributed by atoms with Crippen molar-refractivity contribution in [2.75, 3.05) is 24.6 Å². The lowest BCUT2D eigenvalue weighted by Gasteiger charge is -2.41. The average Bonchev–Trinajstić information content (AvgIpc) is 2.49. The van der Waals surface area contributed by atoms with Gasteiger partial charge in [0.1, 0.15) is 0 Å². The molecular weight excluding hydrogens is 284 g/mol. The smallest absolute Gasteiger partial charge is 0.230 e. The standard InChI is InChI=1S/C16H30N2O2S/c1-2-11-21-12-16(20)17-13-7-9-18(10-8-13)14-5-3-4-6-15(14)19/h13-15,19H,2-12H2,1H3,(H,17,20). The molecule has 21 heavy (non-hydrogen) atoms. The summed E-state index contributed by atoms with van der Waals surface area (Å²) in [7, 11) is 0. The van der Waals surface area contributed by atoms with Gasteiger partial charge in [0.25, 0.3) is 0 Å². The Hall–Kier alpha value is -0.260. The number of likely N-dealkylation sites (tertiary alicyclic amines) is 1. The van der Waals surface area contributed by atoms with Crippen LogP contribution in [0.4, 0.5) is 0 Å². The van der Waals surface area contributed by atoms with Crippen LogP contribution in [0.25, 0.3) is 0 Å². The van der Waals surface area contributed by atoms with Crippen LogP contribution in [0.1, 0.15) is 51.9 Å². The minimum Gasteiger partial charge on any atom is -0.391 e. The van der Waals surface area contributed by atoms with Gasteiger partial charge in [0.2, 0.25) is 5.91 Å². The largest absolute Gasteiger partial charge is 0.391 e. The maximum Gasteiger partial charge on any atom is 0.230 e. The Kier molecular flexibility index (Phi) is 7.34. The predicted molar refractivity (Wildman–Crippen MR) is 88.6 cm³/mol. The Labute approximate surface area is 133 Å². The van der Waals surface area contributed by atoms with Gasteiger partial charge in [-0.05, 0) is 37.9 Å². The molecule has 2 unspecified atom stereocenters. The van der Waals surface area contributed by atoms with Crippen molar-refractivity contribution < 1.29 is 9.90 Å². The summed E-state index contributed by atoms with van der Waals surface area (Å²) in [4.78, 5) is 14.3. The fourth-order valence-electron chi connectivity index (χ4n) is 3.47. The Bertz CT molecular complexity index is 319. The summed E-state index contributed by atoms with van der Waals surface area (Å²) in [6, 6.07) is 0.687. The van der Waals surface area contributed by atoms with Crippen LogP contribution in [0.5, 0.6) is 0 Å². The van der Waals surface area contributed by atoms with Gasteiger partial charge in [-0.2, -0.15) is 11.8 Å². The Balaban J connectivity index is 1.67. The number of aliphatic hydroxyl groups excluding tert-OH is 1. The third-order valence-electron chi connectivity index (χ3n) is 4.64. The number of nitrogens with zero attached hydrogens (tertiary/aromatic N) is 1. The lowest BCUT2D eigenvalue weighted by molar-refractivity contribution is -0.119. The Morgan fingerprint density at radius 1 is 1.24 bits per heavy atom. The monoisotopic (exact) mass is 314 g/mol. The SMILES string of the molecule is CCCSCC(=O)NC1CCN(C2CCCCC2O)CC1. The van der Waals surface area contributed by atoms with Crippen LogP contribution in [0.15, 0.2) is 0 Å². The van der Waals surface area contributed by atoms with E-state index in [9.17, 15) is 9.90 Å². The first kappa shape index (κ1) is 17.1. The summed E-state index contributed by atoms with van der Waals surface area (Å²) in [5.74, 6) is 1.84. The second-order valence-electron chi connectivity index (χ2n) is 6.35. The van der Waals surface area contributed by atoms with Gasteiger partial charge in [0.15, 0.2) is 0 Å². The first-order valence-electron chi connectivity index (χ1n) is 8.50. The van der Waals surface area contributed by atoms with Crippen LogP contribution in [0, 0.1) is 0 Å². The molecule has 5 heteroatoms. The molecule has 0 aromatic carbocycles. The van der Waals surface area contributed by atoms with Crippen LogP contribution < -0.4 is 5.32 Å². The van der Waals surface area contributed by atoms with E-state index in [1.54, 1.807) is 11.8 Å². The number of carbonyl (C=O) groups excluding carboxylic acids is 1. The molecule has 0 aromatic rings. The molecule has 1 aliphatic heterocycles. The molecule has 1 aliphatic carbocycles. The molecule has 2 aliphatic rings. The van der Waals surface area contributed by atoms with Gasteiger partial charge in [-0.15, -0.1) is 0 Å². The van der Waals surface area contributed by atoms with Gasteiger partial charge in [-0.1, -0.05) is 19.8 Å². The fraction of sp³-hybridized carbons (Fsp3) is 0.938. The average molecular weight is 314 g/mol. The van der Waals surface area contributed by atoms with E-state index in [4.69, 9.17) is 0 Å². The van der Waals surface area contributed by atoms with Crippen LogP contribution in [0.3, 0.4) is 0 Å². The first-order chi connectivity index (χ1) is 10.2. The minimum absolute atomic E-state index is 0.143. The molecule has 4 nitrogen and oxygen atoms in total. The number of hydrogen-bond donors (Lipinski definition) is 2. The molecule has 2 rings (SSSR count). The molecule has 1 saturated carbocycles. The van der Waals surface area contributed by atoms with Gasteiger partial charge in [-0.3, -0.25) is 9.69 Å². The van der Waals surface area contributed by atoms with E-state index in [2.05, 4.69) is 17.1 Å². The van der Waals surface area contributed by atoms with Crippen LogP contribution in [-0.4, -0.2) is 58.7 Å². The van der Waals surface area contributed by atoms with E-state index in [1.807, 2.05) is 0 Å². The maximum absolute atomic E-state index is 11.8. The van der Waals surface area contributed by atoms with Crippen molar-refractivity contribution in [2.24, 2.45) is 0 Å². The van der Waals surface area contributed by atoms with Crippen molar-refractivity contribution in [3.05, 3.63) is 0 Å². The fourth-order valence-corrected chi connectivity index (χ4v) is 4.17. The van der Waals surface area contributed by atoms with Crippen molar-refractivity contribution in [3.63, 3.8) is 0 Å².